The van der Waals surface area contributed by atoms with Crippen LogP contribution in [-0.4, -0.2) is 34.3 Å². The molecule has 5 nitrogen and oxygen atoms in total. The summed E-state index contributed by atoms with van der Waals surface area (Å²) in [5.74, 6) is 0.606. The SMILES string of the molecule is CC1(Oc2ncc(OCBr)cn2)COC1. The van der Waals surface area contributed by atoms with E-state index in [2.05, 4.69) is 25.9 Å². The second-order valence-corrected chi connectivity index (χ2v) is 3.96. The molecule has 1 aliphatic heterocycles. The van der Waals surface area contributed by atoms with Crippen molar-refractivity contribution in [1.82, 2.24) is 9.97 Å². The maximum Gasteiger partial charge on any atom is 0.317 e. The molecule has 2 rings (SSSR count). The van der Waals surface area contributed by atoms with Crippen LogP contribution in [0.1, 0.15) is 6.92 Å². The van der Waals surface area contributed by atoms with E-state index < -0.39 is 0 Å². The van der Waals surface area contributed by atoms with Gasteiger partial charge >= 0.3 is 6.01 Å². The zero-order valence-electron chi connectivity index (χ0n) is 8.27. The number of alkyl halides is 1. The predicted octanol–water partition coefficient (Wildman–Crippen LogP) is 1.38. The van der Waals surface area contributed by atoms with Crippen molar-refractivity contribution in [2.24, 2.45) is 0 Å². The molecule has 2 heterocycles. The number of aromatic nitrogens is 2. The number of nitrogens with zero attached hydrogens (tertiary/aromatic N) is 2. The van der Waals surface area contributed by atoms with Gasteiger partial charge in [0.15, 0.2) is 11.4 Å². The highest BCUT2D eigenvalue weighted by atomic mass is 79.9. The van der Waals surface area contributed by atoms with Crippen LogP contribution in [0.5, 0.6) is 11.8 Å². The first-order valence-corrected chi connectivity index (χ1v) is 5.62. The molecule has 1 aromatic heterocycles. The Morgan fingerprint density at radius 2 is 2.13 bits per heavy atom. The summed E-state index contributed by atoms with van der Waals surface area (Å²) in [6.07, 6.45) is 3.15. The van der Waals surface area contributed by atoms with Crippen LogP contribution >= 0.6 is 15.9 Å². The Morgan fingerprint density at radius 3 is 2.60 bits per heavy atom. The zero-order chi connectivity index (χ0) is 10.7. The molecule has 82 valence electrons. The first-order valence-electron chi connectivity index (χ1n) is 4.49. The van der Waals surface area contributed by atoms with Crippen molar-refractivity contribution in [1.29, 1.82) is 0 Å². The Morgan fingerprint density at radius 1 is 1.47 bits per heavy atom. The summed E-state index contributed by atoms with van der Waals surface area (Å²) in [6, 6.07) is 0.350. The maximum absolute atomic E-state index is 5.56. The van der Waals surface area contributed by atoms with Crippen LogP contribution < -0.4 is 9.47 Å². The van der Waals surface area contributed by atoms with E-state index in [0.717, 1.165) is 0 Å². The molecule has 1 saturated heterocycles. The largest absolute Gasteiger partial charge is 0.479 e. The van der Waals surface area contributed by atoms with Crippen LogP contribution in [0.15, 0.2) is 12.4 Å². The van der Waals surface area contributed by atoms with Gasteiger partial charge in [-0.2, -0.15) is 9.97 Å². The van der Waals surface area contributed by atoms with Crippen LogP contribution in [0.2, 0.25) is 0 Å². The van der Waals surface area contributed by atoms with E-state index in [1.54, 1.807) is 12.4 Å². The molecule has 0 aromatic carbocycles. The number of halogens is 1. The summed E-state index contributed by atoms with van der Waals surface area (Å²) in [7, 11) is 0. The molecule has 0 unspecified atom stereocenters. The lowest BCUT2D eigenvalue weighted by atomic mass is 10.1. The summed E-state index contributed by atoms with van der Waals surface area (Å²) in [5, 5.41) is 0. The number of hydrogen-bond donors (Lipinski definition) is 0. The normalized spacial score (nSPS) is 18.0. The van der Waals surface area contributed by atoms with Crippen LogP contribution in [0.4, 0.5) is 0 Å². The summed E-state index contributed by atoms with van der Waals surface area (Å²) >= 11 is 3.15. The van der Waals surface area contributed by atoms with Gasteiger partial charge in [-0.15, -0.1) is 0 Å². The lowest BCUT2D eigenvalue weighted by Crippen LogP contribution is -2.51. The molecule has 0 N–H and O–H groups in total. The summed E-state index contributed by atoms with van der Waals surface area (Å²) in [5.41, 5.74) is 0.139. The van der Waals surface area contributed by atoms with Crippen LogP contribution in [0.3, 0.4) is 0 Å². The van der Waals surface area contributed by atoms with Gasteiger partial charge in [0.05, 0.1) is 25.6 Å². The minimum absolute atomic E-state index is 0.280. The van der Waals surface area contributed by atoms with Crippen LogP contribution in [-0.2, 0) is 4.74 Å². The molecular weight excluding hydrogens is 264 g/mol. The van der Waals surface area contributed by atoms with E-state index in [9.17, 15) is 0 Å². The van der Waals surface area contributed by atoms with Gasteiger partial charge in [-0.1, -0.05) is 0 Å². The summed E-state index contributed by atoms with van der Waals surface area (Å²) in [6.45, 7) is 3.12. The van der Waals surface area contributed by atoms with Crippen LogP contribution in [0.25, 0.3) is 0 Å². The molecule has 0 amide bonds. The molecule has 1 aliphatic rings. The summed E-state index contributed by atoms with van der Waals surface area (Å²) in [4.78, 5) is 8.06. The Labute approximate surface area is 95.9 Å². The first kappa shape index (κ1) is 10.6. The second kappa shape index (κ2) is 4.32. The highest BCUT2D eigenvalue weighted by Crippen LogP contribution is 2.22. The van der Waals surface area contributed by atoms with Gasteiger partial charge in [0.25, 0.3) is 0 Å². The molecule has 0 aliphatic carbocycles. The first-order chi connectivity index (χ1) is 7.22. The highest BCUT2D eigenvalue weighted by Gasteiger charge is 2.36. The highest BCUT2D eigenvalue weighted by molar-refractivity contribution is 9.09. The molecular formula is C9H11BrN2O3. The standard InChI is InChI=1S/C9H11BrN2O3/c1-9(4-13-5-9)15-8-11-2-7(3-12-8)14-6-10/h2-3H,4-6H2,1H3. The van der Waals surface area contributed by atoms with E-state index in [1.165, 1.54) is 0 Å². The molecule has 0 spiro atoms. The average Bonchev–Trinajstić information content (AvgIpc) is 2.19. The number of hydrogen-bond acceptors (Lipinski definition) is 5. The van der Waals surface area contributed by atoms with Gasteiger partial charge in [0.1, 0.15) is 5.52 Å². The molecule has 0 bridgehead atoms. The van der Waals surface area contributed by atoms with Crippen LogP contribution in [0, 0.1) is 0 Å². The monoisotopic (exact) mass is 274 g/mol. The Bertz CT molecular complexity index is 327. The van der Waals surface area contributed by atoms with Crippen molar-refractivity contribution in [3.05, 3.63) is 12.4 Å². The van der Waals surface area contributed by atoms with E-state index in [0.29, 0.717) is 30.5 Å². The predicted molar refractivity (Wildman–Crippen MR) is 56.3 cm³/mol. The van der Waals surface area contributed by atoms with E-state index in [1.807, 2.05) is 6.92 Å². The third-order valence-electron chi connectivity index (χ3n) is 1.98. The minimum Gasteiger partial charge on any atom is -0.479 e. The van der Waals surface area contributed by atoms with Crippen molar-refractivity contribution in [2.75, 3.05) is 18.7 Å². The molecule has 6 heteroatoms. The summed E-state index contributed by atoms with van der Waals surface area (Å²) < 4.78 is 15.8. The number of ether oxygens (including phenoxy) is 3. The lowest BCUT2D eigenvalue weighted by molar-refractivity contribution is -0.153. The van der Waals surface area contributed by atoms with Gasteiger partial charge < -0.3 is 14.2 Å². The fourth-order valence-electron chi connectivity index (χ4n) is 1.16. The molecule has 1 aromatic rings. The molecule has 0 atom stereocenters. The quantitative estimate of drug-likeness (QED) is 0.777. The van der Waals surface area contributed by atoms with Crippen molar-refractivity contribution in [2.45, 2.75) is 12.5 Å². The smallest absolute Gasteiger partial charge is 0.317 e. The third-order valence-corrected chi connectivity index (χ3v) is 2.21. The van der Waals surface area contributed by atoms with Crippen molar-refractivity contribution < 1.29 is 14.2 Å². The van der Waals surface area contributed by atoms with E-state index in [-0.39, 0.29) is 5.60 Å². The maximum atomic E-state index is 5.56. The van der Waals surface area contributed by atoms with Gasteiger partial charge in [-0.3, -0.25) is 0 Å². The van der Waals surface area contributed by atoms with Gasteiger partial charge in [0.2, 0.25) is 0 Å². The van der Waals surface area contributed by atoms with Gasteiger partial charge in [-0.05, 0) is 22.9 Å². The zero-order valence-corrected chi connectivity index (χ0v) is 9.86. The van der Waals surface area contributed by atoms with Gasteiger partial charge in [0, 0.05) is 0 Å². The Hall–Kier alpha value is -0.880. The molecule has 15 heavy (non-hydrogen) atoms. The van der Waals surface area contributed by atoms with E-state index in [4.69, 9.17) is 14.2 Å². The molecule has 0 radical (unpaired) electrons. The minimum atomic E-state index is -0.280. The fraction of sp³-hybridized carbons (Fsp3) is 0.556. The average molecular weight is 275 g/mol. The Balaban J connectivity index is 1.97. The van der Waals surface area contributed by atoms with Crippen molar-refractivity contribution >= 4 is 15.9 Å². The topological polar surface area (TPSA) is 53.5 Å². The van der Waals surface area contributed by atoms with Crippen molar-refractivity contribution in [3.63, 3.8) is 0 Å². The second-order valence-electron chi connectivity index (χ2n) is 3.50. The van der Waals surface area contributed by atoms with Gasteiger partial charge in [-0.25, -0.2) is 0 Å². The lowest BCUT2D eigenvalue weighted by Gasteiger charge is -2.36. The Kier molecular flexibility index (Phi) is 3.06. The molecule has 0 saturated carbocycles. The third kappa shape index (κ3) is 2.57. The van der Waals surface area contributed by atoms with E-state index >= 15 is 0 Å². The number of rotatable bonds is 4. The van der Waals surface area contributed by atoms with Crippen molar-refractivity contribution in [3.8, 4) is 11.8 Å². The molecule has 1 fully saturated rings. The fourth-order valence-corrected chi connectivity index (χ4v) is 1.43.